The summed E-state index contributed by atoms with van der Waals surface area (Å²) in [5.74, 6) is 1.11. The van der Waals surface area contributed by atoms with Gasteiger partial charge in [-0.3, -0.25) is 4.98 Å². The van der Waals surface area contributed by atoms with Crippen LogP contribution in [0.4, 0.5) is 5.69 Å². The van der Waals surface area contributed by atoms with E-state index in [0.29, 0.717) is 23.3 Å². The zero-order valence-corrected chi connectivity index (χ0v) is 15.4. The van der Waals surface area contributed by atoms with Crippen LogP contribution in [0.3, 0.4) is 0 Å². The molecule has 1 aliphatic heterocycles. The molecule has 0 saturated carbocycles. The van der Waals surface area contributed by atoms with Crippen molar-refractivity contribution in [3.05, 3.63) is 42.4 Å². The molecule has 2 aromatic rings. The van der Waals surface area contributed by atoms with Gasteiger partial charge < -0.3 is 9.64 Å². The Morgan fingerprint density at radius 2 is 1.76 bits per heavy atom. The summed E-state index contributed by atoms with van der Waals surface area (Å²) in [4.78, 5) is 11.0. The van der Waals surface area contributed by atoms with Crippen LogP contribution >= 0.6 is 0 Å². The lowest BCUT2D eigenvalue weighted by molar-refractivity contribution is 0.214. The molecule has 0 radical (unpaired) electrons. The molecule has 134 valence electrons. The minimum atomic E-state index is -3.14. The van der Waals surface area contributed by atoms with E-state index in [4.69, 9.17) is 4.74 Å². The average molecular weight is 361 g/mol. The highest BCUT2D eigenvalue weighted by atomic mass is 32.2. The Balaban J connectivity index is 1.52. The van der Waals surface area contributed by atoms with Crippen molar-refractivity contribution in [1.29, 1.82) is 0 Å². The molecule has 0 bridgehead atoms. The first kappa shape index (κ1) is 17.7. The Labute approximate surface area is 148 Å². The van der Waals surface area contributed by atoms with Crippen LogP contribution < -0.4 is 9.64 Å². The van der Waals surface area contributed by atoms with Crippen LogP contribution in [-0.2, 0) is 9.84 Å². The standard InChI is InChI=1S/C18H23N3O3S/c1-14-18(20-10-9-19-14)24-13-15-7-11-21(12-8-15)16-3-5-17(6-4-16)25(2,22)23/h3-6,9-10,15H,7-8,11-13H2,1-2H3. The van der Waals surface area contributed by atoms with E-state index in [9.17, 15) is 8.42 Å². The topological polar surface area (TPSA) is 72.4 Å². The molecular formula is C18H23N3O3S. The maximum atomic E-state index is 11.5. The van der Waals surface area contributed by atoms with Crippen LogP contribution in [0.15, 0.2) is 41.6 Å². The maximum absolute atomic E-state index is 11.5. The number of piperidine rings is 1. The van der Waals surface area contributed by atoms with Crippen molar-refractivity contribution in [2.45, 2.75) is 24.7 Å². The molecule has 2 heterocycles. The van der Waals surface area contributed by atoms with Gasteiger partial charge in [-0.2, -0.15) is 0 Å². The predicted octanol–water partition coefficient (Wildman–Crippen LogP) is 2.48. The van der Waals surface area contributed by atoms with Crippen molar-refractivity contribution >= 4 is 15.5 Å². The number of aryl methyl sites for hydroxylation is 1. The molecule has 0 N–H and O–H groups in total. The molecule has 0 aliphatic carbocycles. The first-order valence-corrected chi connectivity index (χ1v) is 10.3. The van der Waals surface area contributed by atoms with Gasteiger partial charge in [-0.25, -0.2) is 13.4 Å². The van der Waals surface area contributed by atoms with Gasteiger partial charge in [0.1, 0.15) is 0 Å². The third-order valence-electron chi connectivity index (χ3n) is 4.54. The number of rotatable bonds is 5. The molecule has 25 heavy (non-hydrogen) atoms. The van der Waals surface area contributed by atoms with E-state index in [0.717, 1.165) is 37.3 Å². The lowest BCUT2D eigenvalue weighted by atomic mass is 9.97. The Bertz CT molecular complexity index is 814. The second-order valence-corrected chi connectivity index (χ2v) is 8.47. The summed E-state index contributed by atoms with van der Waals surface area (Å²) in [5.41, 5.74) is 1.88. The SMILES string of the molecule is Cc1nccnc1OCC1CCN(c2ccc(S(C)(=O)=O)cc2)CC1. The highest BCUT2D eigenvalue weighted by Gasteiger charge is 2.21. The molecule has 7 heteroatoms. The Kier molecular flexibility index (Phi) is 5.22. The number of nitrogens with zero attached hydrogens (tertiary/aromatic N) is 3. The van der Waals surface area contributed by atoms with Crippen LogP contribution in [-0.4, -0.2) is 44.3 Å². The highest BCUT2D eigenvalue weighted by Crippen LogP contribution is 2.25. The first-order chi connectivity index (χ1) is 11.9. The van der Waals surface area contributed by atoms with Crippen molar-refractivity contribution in [3.63, 3.8) is 0 Å². The molecule has 6 nitrogen and oxygen atoms in total. The highest BCUT2D eigenvalue weighted by molar-refractivity contribution is 7.90. The maximum Gasteiger partial charge on any atom is 0.235 e. The normalized spacial score (nSPS) is 16.0. The third-order valence-corrected chi connectivity index (χ3v) is 5.66. The molecule has 1 aromatic heterocycles. The van der Waals surface area contributed by atoms with Gasteiger partial charge in [0, 0.05) is 37.4 Å². The van der Waals surface area contributed by atoms with Gasteiger partial charge in [0.2, 0.25) is 5.88 Å². The van der Waals surface area contributed by atoms with E-state index in [-0.39, 0.29) is 0 Å². The van der Waals surface area contributed by atoms with Gasteiger partial charge in [-0.1, -0.05) is 0 Å². The average Bonchev–Trinajstić information content (AvgIpc) is 2.61. The molecule has 1 saturated heterocycles. The van der Waals surface area contributed by atoms with Gasteiger partial charge in [0.15, 0.2) is 9.84 Å². The smallest absolute Gasteiger partial charge is 0.235 e. The molecule has 0 atom stereocenters. The fourth-order valence-electron chi connectivity index (χ4n) is 3.00. The number of hydrogen-bond donors (Lipinski definition) is 0. The van der Waals surface area contributed by atoms with E-state index >= 15 is 0 Å². The Morgan fingerprint density at radius 3 is 2.36 bits per heavy atom. The van der Waals surface area contributed by atoms with Crippen LogP contribution in [0.2, 0.25) is 0 Å². The second kappa shape index (κ2) is 7.39. The summed E-state index contributed by atoms with van der Waals surface area (Å²) in [7, 11) is -3.14. The zero-order chi connectivity index (χ0) is 17.9. The second-order valence-electron chi connectivity index (χ2n) is 6.45. The largest absolute Gasteiger partial charge is 0.476 e. The monoisotopic (exact) mass is 361 g/mol. The number of ether oxygens (including phenoxy) is 1. The first-order valence-electron chi connectivity index (χ1n) is 8.39. The van der Waals surface area contributed by atoms with Crippen LogP contribution in [0.1, 0.15) is 18.5 Å². The zero-order valence-electron chi connectivity index (χ0n) is 14.6. The van der Waals surface area contributed by atoms with E-state index in [1.165, 1.54) is 6.26 Å². The summed E-state index contributed by atoms with van der Waals surface area (Å²) < 4.78 is 28.9. The molecule has 3 rings (SSSR count). The van der Waals surface area contributed by atoms with Crippen LogP contribution in [0.25, 0.3) is 0 Å². The minimum absolute atomic E-state index is 0.360. The number of hydrogen-bond acceptors (Lipinski definition) is 6. The van der Waals surface area contributed by atoms with Crippen molar-refractivity contribution in [2.75, 3.05) is 30.9 Å². The Morgan fingerprint density at radius 1 is 1.12 bits per heavy atom. The summed E-state index contributed by atoms with van der Waals surface area (Å²) >= 11 is 0. The summed E-state index contributed by atoms with van der Waals surface area (Å²) in [6.07, 6.45) is 6.60. The minimum Gasteiger partial charge on any atom is -0.476 e. The molecule has 0 amide bonds. The van der Waals surface area contributed by atoms with Gasteiger partial charge in [-0.05, 0) is 49.9 Å². The number of aromatic nitrogens is 2. The molecule has 0 spiro atoms. The molecular weight excluding hydrogens is 338 g/mol. The van der Waals surface area contributed by atoms with Crippen molar-refractivity contribution in [3.8, 4) is 5.88 Å². The lowest BCUT2D eigenvalue weighted by Crippen LogP contribution is -2.35. The van der Waals surface area contributed by atoms with Crippen molar-refractivity contribution in [1.82, 2.24) is 9.97 Å². The van der Waals surface area contributed by atoms with E-state index in [1.807, 2.05) is 19.1 Å². The van der Waals surface area contributed by atoms with Crippen molar-refractivity contribution in [2.24, 2.45) is 5.92 Å². The predicted molar refractivity (Wildman–Crippen MR) is 96.8 cm³/mol. The summed E-state index contributed by atoms with van der Waals surface area (Å²) in [6.45, 7) is 4.42. The number of sulfone groups is 1. The molecule has 0 unspecified atom stereocenters. The molecule has 1 aliphatic rings. The van der Waals surface area contributed by atoms with E-state index in [2.05, 4.69) is 14.9 Å². The number of benzene rings is 1. The van der Waals surface area contributed by atoms with E-state index in [1.54, 1.807) is 24.5 Å². The summed E-state index contributed by atoms with van der Waals surface area (Å²) in [6, 6.07) is 7.12. The Hall–Kier alpha value is -2.15. The van der Waals surface area contributed by atoms with Gasteiger partial charge >= 0.3 is 0 Å². The fraction of sp³-hybridized carbons (Fsp3) is 0.444. The van der Waals surface area contributed by atoms with Crippen LogP contribution in [0.5, 0.6) is 5.88 Å². The molecule has 1 fully saturated rings. The number of anilines is 1. The fourth-order valence-corrected chi connectivity index (χ4v) is 3.63. The van der Waals surface area contributed by atoms with Gasteiger partial charge in [0.05, 0.1) is 17.2 Å². The molecule has 1 aromatic carbocycles. The van der Waals surface area contributed by atoms with Crippen molar-refractivity contribution < 1.29 is 13.2 Å². The lowest BCUT2D eigenvalue weighted by Gasteiger charge is -2.33. The van der Waals surface area contributed by atoms with E-state index < -0.39 is 9.84 Å². The van der Waals surface area contributed by atoms with Gasteiger partial charge in [-0.15, -0.1) is 0 Å². The van der Waals surface area contributed by atoms with Crippen LogP contribution in [0, 0.1) is 12.8 Å². The van der Waals surface area contributed by atoms with Gasteiger partial charge in [0.25, 0.3) is 0 Å². The summed E-state index contributed by atoms with van der Waals surface area (Å²) in [5, 5.41) is 0. The quantitative estimate of drug-likeness (QED) is 0.815. The third kappa shape index (κ3) is 4.48.